The Morgan fingerprint density at radius 2 is 1.86 bits per heavy atom. The van der Waals surface area contributed by atoms with Crippen molar-refractivity contribution in [3.8, 4) is 0 Å². The second kappa shape index (κ2) is 7.57. The van der Waals surface area contributed by atoms with Gasteiger partial charge in [-0.15, -0.1) is 0 Å². The lowest BCUT2D eigenvalue weighted by Gasteiger charge is -2.00. The molecular weight excluding hydrogens is 172 g/mol. The van der Waals surface area contributed by atoms with Crippen LogP contribution >= 0.6 is 0 Å². The van der Waals surface area contributed by atoms with Gasteiger partial charge >= 0.3 is 0 Å². The van der Waals surface area contributed by atoms with Gasteiger partial charge in [-0.1, -0.05) is 43.5 Å². The maximum atomic E-state index is 8.60. The SMILES string of the molecule is OCCCCCCCc1c[c]ccc1. The van der Waals surface area contributed by atoms with E-state index < -0.39 is 0 Å². The number of unbranched alkanes of at least 4 members (excludes halogenated alkanes) is 4. The Kier molecular flexibility index (Phi) is 6.09. The van der Waals surface area contributed by atoms with Gasteiger partial charge in [0, 0.05) is 6.61 Å². The van der Waals surface area contributed by atoms with Crippen LogP contribution in [-0.2, 0) is 6.42 Å². The van der Waals surface area contributed by atoms with E-state index in [4.69, 9.17) is 5.11 Å². The highest BCUT2D eigenvalue weighted by atomic mass is 16.2. The number of hydrogen-bond donors (Lipinski definition) is 1. The summed E-state index contributed by atoms with van der Waals surface area (Å²) in [7, 11) is 0. The highest BCUT2D eigenvalue weighted by Gasteiger charge is 1.92. The first-order chi connectivity index (χ1) is 6.93. The van der Waals surface area contributed by atoms with E-state index in [1.807, 2.05) is 12.1 Å². The molecule has 0 aliphatic rings. The average molecular weight is 191 g/mol. The van der Waals surface area contributed by atoms with Gasteiger partial charge in [0.2, 0.25) is 0 Å². The van der Waals surface area contributed by atoms with Crippen molar-refractivity contribution >= 4 is 0 Å². The van der Waals surface area contributed by atoms with Gasteiger partial charge in [-0.3, -0.25) is 0 Å². The molecule has 1 heteroatoms. The molecule has 1 radical (unpaired) electrons. The zero-order chi connectivity index (χ0) is 10.1. The number of hydrogen-bond acceptors (Lipinski definition) is 1. The first-order valence-corrected chi connectivity index (χ1v) is 5.49. The van der Waals surface area contributed by atoms with Crippen molar-refractivity contribution in [1.82, 2.24) is 0 Å². The van der Waals surface area contributed by atoms with E-state index in [1.165, 1.54) is 24.8 Å². The van der Waals surface area contributed by atoms with Crippen LogP contribution in [0.4, 0.5) is 0 Å². The highest BCUT2D eigenvalue weighted by molar-refractivity contribution is 5.13. The molecule has 1 rings (SSSR count). The van der Waals surface area contributed by atoms with Crippen LogP contribution in [0.25, 0.3) is 0 Å². The topological polar surface area (TPSA) is 20.2 Å². The minimum absolute atomic E-state index is 0.341. The van der Waals surface area contributed by atoms with E-state index in [0.29, 0.717) is 6.61 Å². The first kappa shape index (κ1) is 11.3. The molecule has 1 aromatic carbocycles. The summed E-state index contributed by atoms with van der Waals surface area (Å²) in [4.78, 5) is 0. The summed E-state index contributed by atoms with van der Waals surface area (Å²) in [5.41, 5.74) is 1.38. The van der Waals surface area contributed by atoms with E-state index in [2.05, 4.69) is 18.2 Å². The second-order valence-corrected chi connectivity index (χ2v) is 3.65. The smallest absolute Gasteiger partial charge is 0.0431 e. The molecule has 0 aliphatic heterocycles. The van der Waals surface area contributed by atoms with E-state index in [1.54, 1.807) is 0 Å². The molecule has 77 valence electrons. The molecule has 0 atom stereocenters. The minimum atomic E-state index is 0.341. The van der Waals surface area contributed by atoms with Crippen molar-refractivity contribution in [2.75, 3.05) is 6.61 Å². The van der Waals surface area contributed by atoms with Gasteiger partial charge in [0.25, 0.3) is 0 Å². The summed E-state index contributed by atoms with van der Waals surface area (Å²) in [5.74, 6) is 0. The molecule has 0 bridgehead atoms. The van der Waals surface area contributed by atoms with Crippen LogP contribution in [0.5, 0.6) is 0 Å². The third-order valence-electron chi connectivity index (χ3n) is 2.40. The van der Waals surface area contributed by atoms with Crippen LogP contribution in [0.3, 0.4) is 0 Å². The molecule has 14 heavy (non-hydrogen) atoms. The molecule has 0 aliphatic carbocycles. The highest BCUT2D eigenvalue weighted by Crippen LogP contribution is 2.08. The molecule has 0 heterocycles. The molecule has 0 spiro atoms. The maximum absolute atomic E-state index is 8.60. The summed E-state index contributed by atoms with van der Waals surface area (Å²) in [6.45, 7) is 0.341. The van der Waals surface area contributed by atoms with Gasteiger partial charge in [0.05, 0.1) is 0 Å². The van der Waals surface area contributed by atoms with Gasteiger partial charge in [0.15, 0.2) is 0 Å². The number of aliphatic hydroxyl groups is 1. The monoisotopic (exact) mass is 191 g/mol. The van der Waals surface area contributed by atoms with Crippen LogP contribution in [0, 0.1) is 6.07 Å². The van der Waals surface area contributed by atoms with E-state index in [-0.39, 0.29) is 0 Å². The van der Waals surface area contributed by atoms with E-state index in [0.717, 1.165) is 19.3 Å². The van der Waals surface area contributed by atoms with Crippen LogP contribution in [0.1, 0.15) is 37.7 Å². The number of aliphatic hydroxyl groups excluding tert-OH is 1. The number of rotatable bonds is 7. The Balaban J connectivity index is 1.99. The Morgan fingerprint density at radius 1 is 1.07 bits per heavy atom. The molecule has 0 aromatic heterocycles. The zero-order valence-electron chi connectivity index (χ0n) is 8.71. The molecule has 0 saturated heterocycles. The molecular formula is C13H19O. The summed E-state index contributed by atoms with van der Waals surface area (Å²) < 4.78 is 0. The quantitative estimate of drug-likeness (QED) is 0.657. The third-order valence-corrected chi connectivity index (χ3v) is 2.40. The lowest BCUT2D eigenvalue weighted by atomic mass is 10.1. The Bertz CT molecular complexity index is 218. The second-order valence-electron chi connectivity index (χ2n) is 3.65. The fourth-order valence-corrected chi connectivity index (χ4v) is 1.56. The molecule has 1 aromatic rings. The largest absolute Gasteiger partial charge is 0.396 e. The van der Waals surface area contributed by atoms with Crippen molar-refractivity contribution in [3.63, 3.8) is 0 Å². The van der Waals surface area contributed by atoms with E-state index in [9.17, 15) is 0 Å². The minimum Gasteiger partial charge on any atom is -0.396 e. The number of benzene rings is 1. The van der Waals surface area contributed by atoms with Gasteiger partial charge in [-0.05, 0) is 30.9 Å². The van der Waals surface area contributed by atoms with Crippen molar-refractivity contribution in [1.29, 1.82) is 0 Å². The Hall–Kier alpha value is -0.820. The summed E-state index contributed by atoms with van der Waals surface area (Å²) >= 11 is 0. The van der Waals surface area contributed by atoms with Gasteiger partial charge in [0.1, 0.15) is 0 Å². The lowest BCUT2D eigenvalue weighted by molar-refractivity contribution is 0.282. The molecule has 0 fully saturated rings. The summed E-state index contributed by atoms with van der Waals surface area (Å²) in [5, 5.41) is 8.60. The Morgan fingerprint density at radius 3 is 2.57 bits per heavy atom. The van der Waals surface area contributed by atoms with Gasteiger partial charge in [-0.2, -0.15) is 0 Å². The average Bonchev–Trinajstić information content (AvgIpc) is 2.25. The van der Waals surface area contributed by atoms with Crippen LogP contribution < -0.4 is 0 Å². The predicted molar refractivity (Wildman–Crippen MR) is 59.2 cm³/mol. The fraction of sp³-hybridized carbons (Fsp3) is 0.538. The molecule has 0 unspecified atom stereocenters. The summed E-state index contributed by atoms with van der Waals surface area (Å²) in [6, 6.07) is 11.3. The Labute approximate surface area is 86.8 Å². The standard InChI is InChI=1S/C13H19O/c14-12-8-3-1-2-5-9-13-10-6-4-7-11-13/h4,6,10-11,14H,1-3,5,8-9,12H2. The van der Waals surface area contributed by atoms with E-state index >= 15 is 0 Å². The fourth-order valence-electron chi connectivity index (χ4n) is 1.56. The number of aryl methyl sites for hydroxylation is 1. The van der Waals surface area contributed by atoms with Crippen molar-refractivity contribution in [2.45, 2.75) is 38.5 Å². The maximum Gasteiger partial charge on any atom is 0.0431 e. The molecule has 0 saturated carbocycles. The third kappa shape index (κ3) is 5.03. The lowest BCUT2D eigenvalue weighted by Crippen LogP contribution is -1.87. The molecule has 1 N–H and O–H groups in total. The zero-order valence-corrected chi connectivity index (χ0v) is 8.71. The van der Waals surface area contributed by atoms with Crippen molar-refractivity contribution < 1.29 is 5.11 Å². The summed E-state index contributed by atoms with van der Waals surface area (Å²) in [6.07, 6.45) is 7.06. The first-order valence-electron chi connectivity index (χ1n) is 5.49. The van der Waals surface area contributed by atoms with Crippen molar-refractivity contribution in [3.05, 3.63) is 35.9 Å². The van der Waals surface area contributed by atoms with Crippen LogP contribution in [0.15, 0.2) is 24.3 Å². The van der Waals surface area contributed by atoms with Crippen LogP contribution in [-0.4, -0.2) is 11.7 Å². The van der Waals surface area contributed by atoms with Crippen LogP contribution in [0.2, 0.25) is 0 Å². The van der Waals surface area contributed by atoms with Gasteiger partial charge < -0.3 is 5.11 Å². The van der Waals surface area contributed by atoms with Crippen molar-refractivity contribution in [2.24, 2.45) is 0 Å². The normalized spacial score (nSPS) is 10.4. The predicted octanol–water partition coefficient (Wildman–Crippen LogP) is 2.97. The molecule has 0 amide bonds. The molecule has 1 nitrogen and oxygen atoms in total. The van der Waals surface area contributed by atoms with Gasteiger partial charge in [-0.25, -0.2) is 0 Å².